The summed E-state index contributed by atoms with van der Waals surface area (Å²) in [5.74, 6) is 1.41. The maximum absolute atomic E-state index is 10.9. The monoisotopic (exact) mass is 431 g/mol. The number of phenolic OH excluding ortho intramolecular Hbond substituents is 1. The van der Waals surface area contributed by atoms with E-state index < -0.39 is 0 Å². The molecule has 1 aromatic carbocycles. The summed E-state index contributed by atoms with van der Waals surface area (Å²) < 4.78 is 6.52. The minimum absolute atomic E-state index is 0.127. The van der Waals surface area contributed by atoms with Crippen LogP contribution in [0, 0.1) is 30.9 Å². The van der Waals surface area contributed by atoms with E-state index in [4.69, 9.17) is 4.74 Å². The van der Waals surface area contributed by atoms with Crippen LogP contribution in [0.5, 0.6) is 11.5 Å². The molecular formula is C26H41NO4. The van der Waals surface area contributed by atoms with E-state index in [2.05, 4.69) is 6.92 Å². The predicted octanol–water partition coefficient (Wildman–Crippen LogP) is 7.48. The van der Waals surface area contributed by atoms with Crippen molar-refractivity contribution in [2.24, 2.45) is 0 Å². The maximum Gasteiger partial charge on any atom is 0.242 e. The lowest BCUT2D eigenvalue weighted by Crippen LogP contribution is -2.37. The van der Waals surface area contributed by atoms with E-state index in [0.717, 1.165) is 73.8 Å². The molecule has 0 amide bonds. The lowest BCUT2D eigenvalue weighted by Gasteiger charge is -2.38. The number of benzene rings is 1. The van der Waals surface area contributed by atoms with Gasteiger partial charge in [0.25, 0.3) is 0 Å². The number of phenols is 1. The number of unbranched alkanes of at least 4 members (excludes halogenated alkanes) is 6. The number of rotatable bonds is 12. The zero-order valence-electron chi connectivity index (χ0n) is 20.2. The zero-order valence-corrected chi connectivity index (χ0v) is 20.2. The van der Waals surface area contributed by atoms with Crippen LogP contribution in [0.1, 0.15) is 107 Å². The summed E-state index contributed by atoms with van der Waals surface area (Å²) >= 11 is 0. The SMILES string of the molecule is CC/C=C(/CCCCCCCCCC1(C)CCc2c(C)c(O)c(C)c(C)c2O1)[N+](=O)[O-]. The number of ether oxygens (including phenoxy) is 1. The van der Waals surface area contributed by atoms with Crippen LogP contribution in [0.4, 0.5) is 0 Å². The highest BCUT2D eigenvalue weighted by atomic mass is 16.6. The highest BCUT2D eigenvalue weighted by molar-refractivity contribution is 5.58. The van der Waals surface area contributed by atoms with Gasteiger partial charge < -0.3 is 9.84 Å². The molecular weight excluding hydrogens is 390 g/mol. The van der Waals surface area contributed by atoms with E-state index in [0.29, 0.717) is 17.9 Å². The molecule has 0 saturated heterocycles. The first-order chi connectivity index (χ1) is 14.7. The molecule has 1 N–H and O–H groups in total. The Morgan fingerprint density at radius 3 is 2.29 bits per heavy atom. The van der Waals surface area contributed by atoms with Crippen molar-refractivity contribution >= 4 is 0 Å². The molecule has 1 aliphatic heterocycles. The molecule has 0 radical (unpaired) electrons. The van der Waals surface area contributed by atoms with Gasteiger partial charge in [-0.3, -0.25) is 10.1 Å². The van der Waals surface area contributed by atoms with Crippen molar-refractivity contribution in [2.75, 3.05) is 0 Å². The van der Waals surface area contributed by atoms with E-state index in [1.54, 1.807) is 6.08 Å². The maximum atomic E-state index is 10.9. The van der Waals surface area contributed by atoms with Crippen LogP contribution < -0.4 is 4.74 Å². The van der Waals surface area contributed by atoms with Gasteiger partial charge in [0, 0.05) is 12.0 Å². The first-order valence-electron chi connectivity index (χ1n) is 12.0. The molecule has 1 atom stereocenters. The summed E-state index contributed by atoms with van der Waals surface area (Å²) in [4.78, 5) is 10.7. The van der Waals surface area contributed by atoms with Crippen LogP contribution in [-0.2, 0) is 6.42 Å². The Bertz CT molecular complexity index is 799. The van der Waals surface area contributed by atoms with E-state index in [1.807, 2.05) is 27.7 Å². The number of hydrogen-bond donors (Lipinski definition) is 1. The minimum atomic E-state index is -0.233. The van der Waals surface area contributed by atoms with Crippen molar-refractivity contribution in [1.29, 1.82) is 0 Å². The first-order valence-corrected chi connectivity index (χ1v) is 12.0. The molecule has 1 unspecified atom stereocenters. The van der Waals surface area contributed by atoms with Crippen molar-refractivity contribution in [2.45, 2.75) is 117 Å². The highest BCUT2D eigenvalue weighted by Gasteiger charge is 2.34. The van der Waals surface area contributed by atoms with Gasteiger partial charge in [-0.1, -0.05) is 39.0 Å². The van der Waals surface area contributed by atoms with Gasteiger partial charge >= 0.3 is 0 Å². The second-order valence-corrected chi connectivity index (χ2v) is 9.42. The number of hydrogen-bond acceptors (Lipinski definition) is 4. The largest absolute Gasteiger partial charge is 0.507 e. The lowest BCUT2D eigenvalue weighted by atomic mass is 9.84. The number of fused-ring (bicyclic) bond motifs is 1. The van der Waals surface area contributed by atoms with Crippen LogP contribution >= 0.6 is 0 Å². The Balaban J connectivity index is 1.69. The molecule has 2 rings (SSSR count). The fourth-order valence-electron chi connectivity index (χ4n) is 4.66. The predicted molar refractivity (Wildman–Crippen MR) is 127 cm³/mol. The molecule has 1 aromatic rings. The molecule has 5 heteroatoms. The highest BCUT2D eigenvalue weighted by Crippen LogP contribution is 2.44. The molecule has 0 spiro atoms. The van der Waals surface area contributed by atoms with Gasteiger partial charge in [0.15, 0.2) is 0 Å². The second kappa shape index (κ2) is 11.5. The van der Waals surface area contributed by atoms with Gasteiger partial charge in [-0.15, -0.1) is 0 Å². The van der Waals surface area contributed by atoms with Gasteiger partial charge in [-0.2, -0.15) is 0 Å². The van der Waals surface area contributed by atoms with Crippen LogP contribution in [0.25, 0.3) is 0 Å². The lowest BCUT2D eigenvalue weighted by molar-refractivity contribution is -0.428. The van der Waals surface area contributed by atoms with Crippen LogP contribution in [-0.4, -0.2) is 15.6 Å². The standard InChI is InChI=1S/C26H41NO4/c1-6-14-22(27(29)30)15-12-10-8-7-9-11-13-17-26(5)18-16-23-21(4)24(28)19(2)20(3)25(23)31-26/h14,28H,6-13,15-18H2,1-5H3/b22-14-. The van der Waals surface area contributed by atoms with Gasteiger partial charge in [-0.05, 0) is 89.0 Å². The molecule has 0 bridgehead atoms. The van der Waals surface area contributed by atoms with E-state index >= 15 is 0 Å². The Kier molecular flexibility index (Phi) is 9.39. The third-order valence-corrected chi connectivity index (χ3v) is 6.91. The molecule has 1 heterocycles. The summed E-state index contributed by atoms with van der Waals surface area (Å²) in [5, 5.41) is 21.3. The van der Waals surface area contributed by atoms with Crippen molar-refractivity contribution in [3.8, 4) is 11.5 Å². The fourth-order valence-corrected chi connectivity index (χ4v) is 4.66. The van der Waals surface area contributed by atoms with Crippen LogP contribution in [0.3, 0.4) is 0 Å². The topological polar surface area (TPSA) is 72.6 Å². The summed E-state index contributed by atoms with van der Waals surface area (Å²) in [6.07, 6.45) is 14.0. The number of nitrogens with zero attached hydrogens (tertiary/aromatic N) is 1. The minimum Gasteiger partial charge on any atom is -0.507 e. The van der Waals surface area contributed by atoms with E-state index in [9.17, 15) is 15.2 Å². The molecule has 1 aliphatic rings. The fraction of sp³-hybridized carbons (Fsp3) is 0.692. The van der Waals surface area contributed by atoms with Crippen molar-refractivity contribution < 1.29 is 14.8 Å². The van der Waals surface area contributed by atoms with Gasteiger partial charge in [0.2, 0.25) is 5.70 Å². The molecule has 0 aliphatic carbocycles. The Labute approximate surface area is 188 Å². The Morgan fingerprint density at radius 2 is 1.68 bits per heavy atom. The van der Waals surface area contributed by atoms with Crippen molar-refractivity contribution in [1.82, 2.24) is 0 Å². The number of allylic oxidation sites excluding steroid dienone is 2. The average molecular weight is 432 g/mol. The van der Waals surface area contributed by atoms with Crippen LogP contribution in [0.15, 0.2) is 11.8 Å². The molecule has 5 nitrogen and oxygen atoms in total. The molecule has 31 heavy (non-hydrogen) atoms. The van der Waals surface area contributed by atoms with Crippen molar-refractivity contribution in [3.05, 3.63) is 44.1 Å². The van der Waals surface area contributed by atoms with Gasteiger partial charge in [0.1, 0.15) is 17.1 Å². The molecule has 0 saturated carbocycles. The summed E-state index contributed by atoms with van der Waals surface area (Å²) in [6.45, 7) is 10.2. The quantitative estimate of drug-likeness (QED) is 0.211. The average Bonchev–Trinajstić information content (AvgIpc) is 2.74. The first kappa shape index (κ1) is 25.2. The molecule has 174 valence electrons. The van der Waals surface area contributed by atoms with Gasteiger partial charge in [-0.25, -0.2) is 0 Å². The van der Waals surface area contributed by atoms with Gasteiger partial charge in [0.05, 0.1) is 4.92 Å². The third-order valence-electron chi connectivity index (χ3n) is 6.91. The molecule has 0 fully saturated rings. The Hall–Kier alpha value is -2.04. The number of nitro groups is 1. The van der Waals surface area contributed by atoms with E-state index in [-0.39, 0.29) is 10.5 Å². The second-order valence-electron chi connectivity index (χ2n) is 9.42. The van der Waals surface area contributed by atoms with Crippen LogP contribution in [0.2, 0.25) is 0 Å². The zero-order chi connectivity index (χ0) is 23.0. The Morgan fingerprint density at radius 1 is 1.06 bits per heavy atom. The number of aromatic hydroxyl groups is 1. The molecule has 0 aromatic heterocycles. The third kappa shape index (κ3) is 6.72. The van der Waals surface area contributed by atoms with Crippen molar-refractivity contribution in [3.63, 3.8) is 0 Å². The summed E-state index contributed by atoms with van der Waals surface area (Å²) in [6, 6.07) is 0. The van der Waals surface area contributed by atoms with E-state index in [1.165, 1.54) is 24.8 Å². The summed E-state index contributed by atoms with van der Waals surface area (Å²) in [7, 11) is 0. The smallest absolute Gasteiger partial charge is 0.242 e. The normalized spacial score (nSPS) is 18.5. The summed E-state index contributed by atoms with van der Waals surface area (Å²) in [5.41, 5.74) is 4.38.